The SMILES string of the molecule is [2H]C([2H])([2H])c1c[c-]c(-c2ccc([Si](C)(C)C)cn2)cc1.[2H]c1cc(C2([2H])CCC(C)(C)CC2)cc(C([2H])([2H])[2H])c1-c1cc(-c2[c-]ccc3c2oc2ccccc23)ncc1C([2H])([2H])[2H].[Ir]. The minimum absolute atomic E-state index is 0. The molecule has 3 aromatic heterocycles. The van der Waals surface area contributed by atoms with E-state index < -0.39 is 34.5 Å². The van der Waals surface area contributed by atoms with E-state index in [1.807, 2.05) is 42.6 Å². The monoisotopic (exact) mass is 902 g/mol. The summed E-state index contributed by atoms with van der Waals surface area (Å²) in [4.78, 5) is 8.95. The quantitative estimate of drug-likeness (QED) is 0.128. The standard InChI is InChI=1S/C33H32NO.C15H18NSi.Ir/c1-21-18-24(23-14-16-33(3,4)17-15-23)12-13-25(21)29-19-30(34-20-22(29)2)28-10-7-9-27-26-8-5-6-11-31(26)35-32(27)28;1-12-5-7-13(8-6-12)15-10-9-14(11-16-15)17(2,3)4;/h5-9,11-13,18-20,23H,14-17H2,1-4H3;5-7,9-11H,1-4H3;/q2*-1;/i1D3,2D3,13D,23D;1D3;. The second kappa shape index (κ2) is 15.7. The van der Waals surface area contributed by atoms with E-state index in [0.29, 0.717) is 46.4 Å². The largest absolute Gasteiger partial charge is 0.501 e. The van der Waals surface area contributed by atoms with Crippen molar-refractivity contribution in [1.82, 2.24) is 9.97 Å². The average Bonchev–Trinajstić information content (AvgIpc) is 3.60. The van der Waals surface area contributed by atoms with Crippen LogP contribution in [0.2, 0.25) is 19.6 Å². The first-order valence-electron chi connectivity index (χ1n) is 23.2. The van der Waals surface area contributed by atoms with E-state index in [2.05, 4.69) is 61.7 Å². The Morgan fingerprint density at radius 2 is 1.62 bits per heavy atom. The van der Waals surface area contributed by atoms with Gasteiger partial charge in [0.15, 0.2) is 0 Å². The van der Waals surface area contributed by atoms with Crippen molar-refractivity contribution in [1.29, 1.82) is 0 Å². The van der Waals surface area contributed by atoms with Crippen molar-refractivity contribution in [3.8, 4) is 33.6 Å². The van der Waals surface area contributed by atoms with E-state index in [-0.39, 0.29) is 53.8 Å². The summed E-state index contributed by atoms with van der Waals surface area (Å²) in [5.74, 6) is -1.02. The zero-order valence-corrected chi connectivity index (χ0v) is 34.1. The summed E-state index contributed by atoms with van der Waals surface area (Å²) in [5, 5.41) is 3.06. The number of para-hydroxylation sites is 1. The molecule has 0 aliphatic heterocycles. The molecule has 0 spiro atoms. The summed E-state index contributed by atoms with van der Waals surface area (Å²) in [7, 11) is -1.34. The first-order chi connectivity index (χ1) is 29.2. The molecule has 273 valence electrons. The van der Waals surface area contributed by atoms with Crippen molar-refractivity contribution in [2.45, 2.75) is 85.6 Å². The van der Waals surface area contributed by atoms with Gasteiger partial charge in [-0.05, 0) is 101 Å². The molecule has 0 bridgehead atoms. The summed E-state index contributed by atoms with van der Waals surface area (Å²) in [6.07, 6.45) is 5.89. The molecule has 53 heavy (non-hydrogen) atoms. The van der Waals surface area contributed by atoms with Crippen LogP contribution in [-0.4, -0.2) is 18.0 Å². The number of benzene rings is 4. The van der Waals surface area contributed by atoms with Crippen molar-refractivity contribution in [2.75, 3.05) is 0 Å². The summed E-state index contributed by atoms with van der Waals surface area (Å²) in [5.41, 5.74) is 4.40. The Morgan fingerprint density at radius 1 is 0.830 bits per heavy atom. The third-order valence-corrected chi connectivity index (χ3v) is 12.1. The van der Waals surface area contributed by atoms with Gasteiger partial charge in [-0.2, -0.15) is 0 Å². The van der Waals surface area contributed by atoms with Gasteiger partial charge in [-0.3, -0.25) is 0 Å². The molecule has 3 heterocycles. The number of pyridine rings is 2. The van der Waals surface area contributed by atoms with E-state index >= 15 is 0 Å². The van der Waals surface area contributed by atoms with Gasteiger partial charge >= 0.3 is 0 Å². The van der Waals surface area contributed by atoms with Crippen LogP contribution in [0.5, 0.6) is 0 Å². The Hall–Kier alpha value is -4.15. The van der Waals surface area contributed by atoms with Gasteiger partial charge in [0.25, 0.3) is 0 Å². The Morgan fingerprint density at radius 3 is 2.32 bits per heavy atom. The molecule has 8 rings (SSSR count). The normalized spacial score (nSPS) is 18.8. The molecular formula is C48H50IrN2OSi-2. The van der Waals surface area contributed by atoms with Crippen LogP contribution in [0, 0.1) is 38.1 Å². The zero-order chi connectivity index (χ0) is 45.9. The molecule has 0 amide bonds. The first-order valence-corrected chi connectivity index (χ1v) is 21.2. The van der Waals surface area contributed by atoms with Crippen molar-refractivity contribution in [3.05, 3.63) is 138 Å². The topological polar surface area (TPSA) is 38.9 Å². The van der Waals surface area contributed by atoms with Gasteiger partial charge in [0.1, 0.15) is 5.58 Å². The Labute approximate surface area is 346 Å². The Kier molecular flexibility index (Phi) is 7.86. The van der Waals surface area contributed by atoms with E-state index in [1.54, 1.807) is 24.3 Å². The molecule has 0 unspecified atom stereocenters. The summed E-state index contributed by atoms with van der Waals surface area (Å²) in [6, 6.07) is 30.9. The van der Waals surface area contributed by atoms with Gasteiger partial charge in [0.2, 0.25) is 0 Å². The Bertz CT molecular complexity index is 2720. The fourth-order valence-corrected chi connectivity index (χ4v) is 7.74. The number of furan rings is 1. The van der Waals surface area contributed by atoms with Crippen LogP contribution < -0.4 is 5.19 Å². The molecule has 1 radical (unpaired) electrons. The van der Waals surface area contributed by atoms with Gasteiger partial charge < -0.3 is 14.4 Å². The summed E-state index contributed by atoms with van der Waals surface area (Å²) >= 11 is 0. The van der Waals surface area contributed by atoms with Crippen LogP contribution in [0.15, 0.2) is 108 Å². The van der Waals surface area contributed by atoms with Crippen LogP contribution in [-0.2, 0) is 20.1 Å². The maximum atomic E-state index is 9.24. The molecule has 0 N–H and O–H groups in total. The molecule has 0 atom stereocenters. The molecule has 0 saturated heterocycles. The predicted octanol–water partition coefficient (Wildman–Crippen LogP) is 12.8. The van der Waals surface area contributed by atoms with Gasteiger partial charge in [0.05, 0.1) is 15.0 Å². The van der Waals surface area contributed by atoms with Gasteiger partial charge in [-0.1, -0.05) is 106 Å². The fraction of sp³-hybridized carbons (Fsp3) is 0.292. The van der Waals surface area contributed by atoms with Crippen LogP contribution in [0.3, 0.4) is 0 Å². The zero-order valence-electron chi connectivity index (χ0n) is 41.7. The molecule has 4 aromatic carbocycles. The van der Waals surface area contributed by atoms with E-state index in [1.165, 1.54) is 29.6 Å². The summed E-state index contributed by atoms with van der Waals surface area (Å²) < 4.78 is 96.5. The number of hydrogen-bond acceptors (Lipinski definition) is 3. The minimum atomic E-state index is -2.66. The van der Waals surface area contributed by atoms with E-state index in [0.717, 1.165) is 34.9 Å². The van der Waals surface area contributed by atoms with Crippen LogP contribution in [0.1, 0.15) is 82.8 Å². The molecule has 1 saturated carbocycles. The second-order valence-electron chi connectivity index (χ2n) is 15.4. The van der Waals surface area contributed by atoms with Crippen molar-refractivity contribution in [3.63, 3.8) is 0 Å². The Balaban J connectivity index is 0.000000272. The van der Waals surface area contributed by atoms with Gasteiger partial charge in [-0.25, -0.2) is 0 Å². The number of nitrogens with zero attached hydrogens (tertiary/aromatic N) is 2. The molecular weight excluding hydrogens is 841 g/mol. The van der Waals surface area contributed by atoms with E-state index in [4.69, 9.17) is 18.1 Å². The van der Waals surface area contributed by atoms with E-state index in [9.17, 15) is 1.37 Å². The van der Waals surface area contributed by atoms with Crippen molar-refractivity contribution < 1.29 is 39.6 Å². The predicted molar refractivity (Wildman–Crippen MR) is 222 cm³/mol. The molecule has 1 aliphatic carbocycles. The number of rotatable bonds is 5. The van der Waals surface area contributed by atoms with Crippen LogP contribution in [0.25, 0.3) is 55.6 Å². The maximum absolute atomic E-state index is 9.24. The maximum Gasteiger partial charge on any atom is 0.120 e. The minimum Gasteiger partial charge on any atom is -0.501 e. The number of hydrogen-bond donors (Lipinski definition) is 0. The number of aryl methyl sites for hydroxylation is 3. The molecule has 7 aromatic rings. The molecule has 5 heteroatoms. The van der Waals surface area contributed by atoms with Gasteiger partial charge in [-0.15, -0.1) is 53.6 Å². The van der Waals surface area contributed by atoms with Crippen LogP contribution in [0.4, 0.5) is 0 Å². The molecule has 3 nitrogen and oxygen atoms in total. The number of aromatic nitrogens is 2. The molecule has 1 aliphatic rings. The van der Waals surface area contributed by atoms with Crippen LogP contribution >= 0.6 is 0 Å². The molecule has 1 fully saturated rings. The smallest absolute Gasteiger partial charge is 0.120 e. The summed E-state index contributed by atoms with van der Waals surface area (Å²) in [6.45, 7) is 3.80. The third-order valence-electron chi connectivity index (χ3n) is 10.0. The fourth-order valence-electron chi connectivity index (χ4n) is 6.70. The first kappa shape index (κ1) is 26.6. The van der Waals surface area contributed by atoms with Crippen molar-refractivity contribution >= 4 is 35.2 Å². The van der Waals surface area contributed by atoms with Gasteiger partial charge in [0, 0.05) is 51.6 Å². The third kappa shape index (κ3) is 8.49. The second-order valence-corrected chi connectivity index (χ2v) is 20.5. The average molecular weight is 902 g/mol. The van der Waals surface area contributed by atoms with Crippen molar-refractivity contribution in [2.24, 2.45) is 5.41 Å². The number of fused-ring (bicyclic) bond motifs is 3.